The molecule has 28 heavy (non-hydrogen) atoms. The lowest BCUT2D eigenvalue weighted by Gasteiger charge is -2.27. The van der Waals surface area contributed by atoms with Crippen molar-refractivity contribution >= 4 is 0 Å². The highest BCUT2D eigenvalue weighted by molar-refractivity contribution is 5.51. The zero-order chi connectivity index (χ0) is 20.1. The Kier molecular flexibility index (Phi) is 6.63. The van der Waals surface area contributed by atoms with Crippen LogP contribution in [0.25, 0.3) is 0 Å². The number of aryl methyl sites for hydroxylation is 2. The molecule has 0 saturated carbocycles. The number of benzene rings is 2. The maximum atomic E-state index is 9.95. The van der Waals surface area contributed by atoms with Crippen molar-refractivity contribution in [3.8, 4) is 17.2 Å². The molecule has 0 amide bonds. The van der Waals surface area contributed by atoms with Crippen molar-refractivity contribution in [1.82, 2.24) is 4.90 Å². The zero-order valence-corrected chi connectivity index (χ0v) is 17.4. The van der Waals surface area contributed by atoms with Crippen LogP contribution in [0.3, 0.4) is 0 Å². The van der Waals surface area contributed by atoms with E-state index in [0.29, 0.717) is 5.75 Å². The summed E-state index contributed by atoms with van der Waals surface area (Å²) in [5.74, 6) is 1.97. The van der Waals surface area contributed by atoms with E-state index in [-0.39, 0.29) is 0 Å². The maximum absolute atomic E-state index is 9.95. The van der Waals surface area contributed by atoms with Gasteiger partial charge in [-0.3, -0.25) is 4.90 Å². The van der Waals surface area contributed by atoms with E-state index in [1.165, 1.54) is 27.8 Å². The minimum Gasteiger partial charge on any atom is -0.508 e. The summed E-state index contributed by atoms with van der Waals surface area (Å²) < 4.78 is 11.3. The second-order valence-electron chi connectivity index (χ2n) is 7.66. The molecule has 0 aromatic heterocycles. The fourth-order valence-corrected chi connectivity index (χ4v) is 3.85. The smallest absolute Gasteiger partial charge is 0.165 e. The Hall–Kier alpha value is -2.46. The molecule has 4 heteroatoms. The number of phenols is 1. The number of methoxy groups -OCH3 is 2. The lowest BCUT2D eigenvalue weighted by Crippen LogP contribution is -2.28. The first-order chi connectivity index (χ1) is 13.5. The molecule has 0 aliphatic carbocycles. The number of hydrogen-bond donors (Lipinski definition) is 1. The minimum atomic E-state index is 0.346. The number of nitrogens with zero attached hydrogens (tertiary/aromatic N) is 1. The van der Waals surface area contributed by atoms with Gasteiger partial charge in [-0.1, -0.05) is 23.8 Å². The number of phenolic OH excluding ortho intramolecular Hbond substituents is 1. The van der Waals surface area contributed by atoms with Crippen molar-refractivity contribution in [2.45, 2.75) is 39.7 Å². The predicted molar refractivity (Wildman–Crippen MR) is 113 cm³/mol. The Labute approximate surface area is 168 Å². The molecular formula is C24H31NO3. The molecule has 1 aliphatic rings. The fraction of sp³-hybridized carbons (Fsp3) is 0.417. The molecule has 0 radical (unpaired) electrons. The van der Waals surface area contributed by atoms with E-state index < -0.39 is 0 Å². The molecule has 1 N–H and O–H groups in total. The van der Waals surface area contributed by atoms with E-state index in [4.69, 9.17) is 9.47 Å². The second kappa shape index (κ2) is 9.16. The lowest BCUT2D eigenvalue weighted by atomic mass is 9.93. The normalized spacial score (nSPS) is 14.6. The van der Waals surface area contributed by atoms with Crippen molar-refractivity contribution in [2.24, 2.45) is 0 Å². The zero-order valence-electron chi connectivity index (χ0n) is 17.4. The molecule has 0 saturated heterocycles. The third-order valence-electron chi connectivity index (χ3n) is 5.44. The van der Waals surface area contributed by atoms with Crippen molar-refractivity contribution in [1.29, 1.82) is 0 Å². The first-order valence-electron chi connectivity index (χ1n) is 9.91. The number of hydrogen-bond acceptors (Lipinski definition) is 4. The topological polar surface area (TPSA) is 41.9 Å². The van der Waals surface area contributed by atoms with E-state index in [9.17, 15) is 5.11 Å². The Morgan fingerprint density at radius 1 is 1.00 bits per heavy atom. The van der Waals surface area contributed by atoms with Crippen LogP contribution in [0.2, 0.25) is 0 Å². The van der Waals surface area contributed by atoms with Gasteiger partial charge in [0.2, 0.25) is 0 Å². The molecule has 0 fully saturated rings. The van der Waals surface area contributed by atoms with Crippen LogP contribution < -0.4 is 9.47 Å². The quantitative estimate of drug-likeness (QED) is 0.791. The van der Waals surface area contributed by atoms with Gasteiger partial charge in [-0.05, 0) is 68.0 Å². The van der Waals surface area contributed by atoms with Gasteiger partial charge in [0.25, 0.3) is 0 Å². The third-order valence-corrected chi connectivity index (χ3v) is 5.44. The highest BCUT2D eigenvalue weighted by Gasteiger charge is 2.20. The molecule has 2 aromatic rings. The molecule has 0 unspecified atom stereocenters. The van der Waals surface area contributed by atoms with Crippen molar-refractivity contribution < 1.29 is 14.6 Å². The molecule has 2 aromatic carbocycles. The molecule has 1 aliphatic heterocycles. The molecular weight excluding hydrogens is 350 g/mol. The SMILES string of the molecule is COc1ccc2c(c1OC)CN(CC=C(C)C)CCc1cc(O)ccc1CC2. The third kappa shape index (κ3) is 4.68. The van der Waals surface area contributed by atoms with Crippen molar-refractivity contribution in [2.75, 3.05) is 27.3 Å². The van der Waals surface area contributed by atoms with Crippen LogP contribution in [0.15, 0.2) is 42.0 Å². The molecule has 4 nitrogen and oxygen atoms in total. The van der Waals surface area contributed by atoms with Crippen LogP contribution in [0.4, 0.5) is 0 Å². The number of allylic oxidation sites excluding steroid dienone is 1. The monoisotopic (exact) mass is 381 g/mol. The Morgan fingerprint density at radius 2 is 1.75 bits per heavy atom. The van der Waals surface area contributed by atoms with Crippen LogP contribution in [0.5, 0.6) is 17.2 Å². The van der Waals surface area contributed by atoms with Crippen LogP contribution >= 0.6 is 0 Å². The van der Waals surface area contributed by atoms with Gasteiger partial charge < -0.3 is 14.6 Å². The summed E-state index contributed by atoms with van der Waals surface area (Å²) in [6, 6.07) is 9.94. The summed E-state index contributed by atoms with van der Waals surface area (Å²) in [4.78, 5) is 2.44. The van der Waals surface area contributed by atoms with Gasteiger partial charge >= 0.3 is 0 Å². The van der Waals surface area contributed by atoms with Crippen LogP contribution in [-0.2, 0) is 25.8 Å². The summed E-state index contributed by atoms with van der Waals surface area (Å²) in [7, 11) is 3.41. The van der Waals surface area contributed by atoms with E-state index in [1.54, 1.807) is 20.3 Å². The molecule has 150 valence electrons. The Morgan fingerprint density at radius 3 is 2.46 bits per heavy atom. The van der Waals surface area contributed by atoms with Crippen LogP contribution in [0, 0.1) is 0 Å². The van der Waals surface area contributed by atoms with Crippen molar-refractivity contribution in [3.63, 3.8) is 0 Å². The minimum absolute atomic E-state index is 0.346. The van der Waals surface area contributed by atoms with Gasteiger partial charge in [0.05, 0.1) is 14.2 Å². The second-order valence-corrected chi connectivity index (χ2v) is 7.66. The molecule has 0 spiro atoms. The predicted octanol–water partition coefficient (Wildman–Crippen LogP) is 4.52. The molecule has 0 bridgehead atoms. The number of aromatic hydroxyl groups is 1. The first-order valence-corrected chi connectivity index (χ1v) is 9.91. The molecule has 1 heterocycles. The summed E-state index contributed by atoms with van der Waals surface area (Å²) in [6.07, 6.45) is 5.07. The standard InChI is InChI=1S/C24H31NO3/c1-17(2)11-13-25-14-12-20-15-21(26)9-7-18(20)5-6-19-8-10-23(27-3)24(28-4)22(19)16-25/h7-11,15,26H,5-6,12-14,16H2,1-4H3. The van der Waals surface area contributed by atoms with E-state index >= 15 is 0 Å². The largest absolute Gasteiger partial charge is 0.508 e. The van der Waals surface area contributed by atoms with Gasteiger partial charge in [-0.2, -0.15) is 0 Å². The summed E-state index contributed by atoms with van der Waals surface area (Å²) >= 11 is 0. The summed E-state index contributed by atoms with van der Waals surface area (Å²) in [5.41, 5.74) is 6.37. The fourth-order valence-electron chi connectivity index (χ4n) is 3.85. The van der Waals surface area contributed by atoms with Gasteiger partial charge in [0.15, 0.2) is 11.5 Å². The maximum Gasteiger partial charge on any atom is 0.165 e. The average Bonchev–Trinajstić information content (AvgIpc) is 2.69. The highest BCUT2D eigenvalue weighted by Crippen LogP contribution is 2.35. The molecule has 3 rings (SSSR count). The summed E-state index contributed by atoms with van der Waals surface area (Å²) in [6.45, 7) is 6.88. The Balaban J connectivity index is 2.04. The number of rotatable bonds is 4. The van der Waals surface area contributed by atoms with Crippen LogP contribution in [-0.4, -0.2) is 37.3 Å². The average molecular weight is 382 g/mol. The van der Waals surface area contributed by atoms with E-state index in [0.717, 1.165) is 50.4 Å². The number of ether oxygens (including phenoxy) is 2. The molecule has 0 atom stereocenters. The Bertz CT molecular complexity index is 853. The highest BCUT2D eigenvalue weighted by atomic mass is 16.5. The summed E-state index contributed by atoms with van der Waals surface area (Å²) in [5, 5.41) is 9.95. The first kappa shape index (κ1) is 20.3. The number of fused-ring (bicyclic) bond motifs is 2. The van der Waals surface area contributed by atoms with Crippen LogP contribution in [0.1, 0.15) is 36.1 Å². The van der Waals surface area contributed by atoms with Gasteiger partial charge in [0.1, 0.15) is 5.75 Å². The van der Waals surface area contributed by atoms with E-state index in [1.807, 2.05) is 12.1 Å². The van der Waals surface area contributed by atoms with Crippen molar-refractivity contribution in [3.05, 3.63) is 64.2 Å². The van der Waals surface area contributed by atoms with Gasteiger partial charge in [0, 0.05) is 25.2 Å². The van der Waals surface area contributed by atoms with E-state index in [2.05, 4.69) is 37.0 Å². The lowest BCUT2D eigenvalue weighted by molar-refractivity contribution is 0.284. The van der Waals surface area contributed by atoms with Gasteiger partial charge in [-0.15, -0.1) is 0 Å². The van der Waals surface area contributed by atoms with Gasteiger partial charge in [-0.25, -0.2) is 0 Å².